The van der Waals surface area contributed by atoms with E-state index < -0.39 is 0 Å². The third kappa shape index (κ3) is 2.59. The molecule has 0 aromatic carbocycles. The Kier molecular flexibility index (Phi) is 3.22. The average Bonchev–Trinajstić information content (AvgIpc) is 2.70. The first kappa shape index (κ1) is 9.74. The largest absolute Gasteiger partial charge is 0.383 e. The van der Waals surface area contributed by atoms with Gasteiger partial charge in [0.1, 0.15) is 5.15 Å². The molecule has 3 nitrogen and oxygen atoms in total. The van der Waals surface area contributed by atoms with Gasteiger partial charge in [-0.05, 0) is 18.6 Å². The number of pyridine rings is 1. The summed E-state index contributed by atoms with van der Waals surface area (Å²) >= 11 is 5.68. The maximum Gasteiger partial charge on any atom is 0.129 e. The normalized spacial score (nSPS) is 21.1. The van der Waals surface area contributed by atoms with E-state index >= 15 is 0 Å². The van der Waals surface area contributed by atoms with Crippen molar-refractivity contribution >= 4 is 17.3 Å². The molecule has 14 heavy (non-hydrogen) atoms. The van der Waals surface area contributed by atoms with E-state index in [-0.39, 0.29) is 0 Å². The summed E-state index contributed by atoms with van der Waals surface area (Å²) in [6.45, 7) is 2.71. The second-order valence-corrected chi connectivity index (χ2v) is 3.87. The van der Waals surface area contributed by atoms with Crippen molar-refractivity contribution in [2.45, 2.75) is 6.42 Å². The Balaban J connectivity index is 1.82. The second kappa shape index (κ2) is 4.62. The lowest BCUT2D eigenvalue weighted by Crippen LogP contribution is -2.13. The van der Waals surface area contributed by atoms with Crippen LogP contribution in [0.5, 0.6) is 0 Å². The molecule has 0 amide bonds. The Morgan fingerprint density at radius 1 is 1.57 bits per heavy atom. The lowest BCUT2D eigenvalue weighted by atomic mass is 10.1. The van der Waals surface area contributed by atoms with E-state index in [1.54, 1.807) is 12.3 Å². The highest BCUT2D eigenvalue weighted by atomic mass is 35.5. The van der Waals surface area contributed by atoms with Crippen molar-refractivity contribution in [2.24, 2.45) is 5.92 Å². The highest BCUT2D eigenvalue weighted by Crippen LogP contribution is 2.14. The molecule has 2 rings (SSSR count). The lowest BCUT2D eigenvalue weighted by Gasteiger charge is -2.09. The van der Waals surface area contributed by atoms with Crippen LogP contribution in [0.3, 0.4) is 0 Å². The van der Waals surface area contributed by atoms with Gasteiger partial charge in [-0.25, -0.2) is 4.98 Å². The molecule has 1 unspecified atom stereocenters. The summed E-state index contributed by atoms with van der Waals surface area (Å²) < 4.78 is 5.29. The Morgan fingerprint density at radius 2 is 2.50 bits per heavy atom. The summed E-state index contributed by atoms with van der Waals surface area (Å²) in [5.74, 6) is 0.630. The predicted molar refractivity (Wildman–Crippen MR) is 56.7 cm³/mol. The van der Waals surface area contributed by atoms with Gasteiger partial charge in [0.15, 0.2) is 0 Å². The van der Waals surface area contributed by atoms with Crippen molar-refractivity contribution in [1.82, 2.24) is 4.98 Å². The molecule has 0 spiro atoms. The molecule has 76 valence electrons. The molecule has 0 bridgehead atoms. The quantitative estimate of drug-likeness (QED) is 0.780. The fourth-order valence-corrected chi connectivity index (χ4v) is 1.60. The zero-order valence-corrected chi connectivity index (χ0v) is 8.63. The third-order valence-corrected chi connectivity index (χ3v) is 2.57. The first-order chi connectivity index (χ1) is 6.84. The summed E-state index contributed by atoms with van der Waals surface area (Å²) in [6, 6.07) is 3.72. The molecule has 1 aromatic heterocycles. The molecule has 1 aromatic rings. The lowest BCUT2D eigenvalue weighted by molar-refractivity contribution is 0.187. The Hall–Kier alpha value is -0.800. The number of ether oxygens (including phenoxy) is 1. The van der Waals surface area contributed by atoms with Crippen LogP contribution in [0.1, 0.15) is 6.42 Å². The van der Waals surface area contributed by atoms with Crippen LogP contribution in [-0.2, 0) is 4.74 Å². The second-order valence-electron chi connectivity index (χ2n) is 3.48. The van der Waals surface area contributed by atoms with Crippen molar-refractivity contribution in [3.8, 4) is 0 Å². The van der Waals surface area contributed by atoms with Gasteiger partial charge in [0, 0.05) is 19.1 Å². The highest BCUT2D eigenvalue weighted by molar-refractivity contribution is 6.29. The molecule has 1 saturated heterocycles. The standard InChI is InChI=1S/C10H13ClN2O/c11-10-2-1-9(6-13-10)12-5-8-3-4-14-7-8/h1-2,6,8,12H,3-5,7H2. The van der Waals surface area contributed by atoms with Crippen LogP contribution in [0.25, 0.3) is 0 Å². The van der Waals surface area contributed by atoms with E-state index in [9.17, 15) is 0 Å². The molecule has 1 aliphatic heterocycles. The van der Waals surface area contributed by atoms with Crippen molar-refractivity contribution in [3.05, 3.63) is 23.5 Å². The fourth-order valence-electron chi connectivity index (χ4n) is 1.49. The first-order valence-electron chi connectivity index (χ1n) is 4.78. The Labute approximate surface area is 88.4 Å². The number of nitrogens with zero attached hydrogens (tertiary/aromatic N) is 1. The minimum atomic E-state index is 0.528. The monoisotopic (exact) mass is 212 g/mol. The summed E-state index contributed by atoms with van der Waals surface area (Å²) in [6.07, 6.45) is 2.90. The minimum absolute atomic E-state index is 0.528. The molecule has 4 heteroatoms. The Bertz CT molecular complexity index is 283. The molecule has 0 radical (unpaired) electrons. The number of nitrogens with one attached hydrogen (secondary N) is 1. The smallest absolute Gasteiger partial charge is 0.129 e. The fraction of sp³-hybridized carbons (Fsp3) is 0.500. The van der Waals surface area contributed by atoms with E-state index in [2.05, 4.69) is 10.3 Å². The molecule has 0 aliphatic carbocycles. The highest BCUT2D eigenvalue weighted by Gasteiger charge is 2.14. The van der Waals surface area contributed by atoms with Gasteiger partial charge < -0.3 is 10.1 Å². The summed E-state index contributed by atoms with van der Waals surface area (Å²) in [5.41, 5.74) is 1.02. The van der Waals surface area contributed by atoms with Crippen molar-refractivity contribution in [1.29, 1.82) is 0 Å². The number of hydrogen-bond acceptors (Lipinski definition) is 3. The van der Waals surface area contributed by atoms with E-state index in [0.717, 1.165) is 31.9 Å². The van der Waals surface area contributed by atoms with Gasteiger partial charge in [0.05, 0.1) is 18.5 Å². The predicted octanol–water partition coefficient (Wildman–Crippen LogP) is 2.18. The zero-order chi connectivity index (χ0) is 9.80. The van der Waals surface area contributed by atoms with Gasteiger partial charge in [-0.2, -0.15) is 0 Å². The van der Waals surface area contributed by atoms with E-state index in [4.69, 9.17) is 16.3 Å². The van der Waals surface area contributed by atoms with Crippen LogP contribution >= 0.6 is 11.6 Å². The van der Waals surface area contributed by atoms with Crippen molar-refractivity contribution in [3.63, 3.8) is 0 Å². The molecular formula is C10H13ClN2O. The topological polar surface area (TPSA) is 34.1 Å². The number of hydrogen-bond donors (Lipinski definition) is 1. The summed E-state index contributed by atoms with van der Waals surface area (Å²) in [7, 11) is 0. The molecule has 1 atom stereocenters. The average molecular weight is 213 g/mol. The molecule has 0 saturated carbocycles. The van der Waals surface area contributed by atoms with Crippen LogP contribution in [0.15, 0.2) is 18.3 Å². The van der Waals surface area contributed by atoms with Gasteiger partial charge in [-0.3, -0.25) is 0 Å². The third-order valence-electron chi connectivity index (χ3n) is 2.35. The van der Waals surface area contributed by atoms with Gasteiger partial charge in [-0.1, -0.05) is 11.6 Å². The molecule has 2 heterocycles. The van der Waals surface area contributed by atoms with Gasteiger partial charge in [0.25, 0.3) is 0 Å². The SMILES string of the molecule is Clc1ccc(NCC2CCOC2)cn1. The maximum atomic E-state index is 5.68. The Morgan fingerprint density at radius 3 is 3.14 bits per heavy atom. The van der Waals surface area contributed by atoms with Gasteiger partial charge in [0.2, 0.25) is 0 Å². The minimum Gasteiger partial charge on any atom is -0.383 e. The summed E-state index contributed by atoms with van der Waals surface area (Å²) in [5, 5.41) is 3.84. The van der Waals surface area contributed by atoms with Gasteiger partial charge in [-0.15, -0.1) is 0 Å². The van der Waals surface area contributed by atoms with Crippen LogP contribution < -0.4 is 5.32 Å². The molecule has 1 fully saturated rings. The van der Waals surface area contributed by atoms with E-state index in [0.29, 0.717) is 11.1 Å². The van der Waals surface area contributed by atoms with E-state index in [1.165, 1.54) is 0 Å². The molecule has 1 N–H and O–H groups in total. The van der Waals surface area contributed by atoms with Crippen molar-refractivity contribution < 1.29 is 4.74 Å². The van der Waals surface area contributed by atoms with E-state index in [1.807, 2.05) is 6.07 Å². The number of halogens is 1. The maximum absolute atomic E-state index is 5.68. The van der Waals surface area contributed by atoms with Gasteiger partial charge >= 0.3 is 0 Å². The van der Waals surface area contributed by atoms with Crippen LogP contribution in [0.2, 0.25) is 5.15 Å². The summed E-state index contributed by atoms with van der Waals surface area (Å²) in [4.78, 5) is 4.00. The molecular weight excluding hydrogens is 200 g/mol. The van der Waals surface area contributed by atoms with Crippen LogP contribution in [0.4, 0.5) is 5.69 Å². The number of rotatable bonds is 3. The first-order valence-corrected chi connectivity index (χ1v) is 5.15. The van der Waals surface area contributed by atoms with Crippen LogP contribution in [0, 0.1) is 5.92 Å². The number of aromatic nitrogens is 1. The number of anilines is 1. The molecule has 1 aliphatic rings. The zero-order valence-electron chi connectivity index (χ0n) is 7.87. The van der Waals surface area contributed by atoms with Crippen LogP contribution in [-0.4, -0.2) is 24.7 Å². The van der Waals surface area contributed by atoms with Crippen molar-refractivity contribution in [2.75, 3.05) is 25.1 Å².